The Kier molecular flexibility index (Phi) is 5.05. The van der Waals surface area contributed by atoms with Gasteiger partial charge in [-0.25, -0.2) is 0 Å². The van der Waals surface area contributed by atoms with Crippen molar-refractivity contribution in [2.45, 2.75) is 0 Å². The van der Waals surface area contributed by atoms with E-state index in [-0.39, 0.29) is 5.91 Å². The molecular formula is C17H16N2O4. The van der Waals surface area contributed by atoms with Gasteiger partial charge in [0.2, 0.25) is 0 Å². The minimum absolute atomic E-state index is 0.299. The number of rotatable bonds is 5. The Hall–Kier alpha value is -3.20. The van der Waals surface area contributed by atoms with Crippen molar-refractivity contribution in [1.82, 2.24) is 0 Å². The van der Waals surface area contributed by atoms with Gasteiger partial charge in [0.1, 0.15) is 5.75 Å². The largest absolute Gasteiger partial charge is 0.496 e. The van der Waals surface area contributed by atoms with Crippen LogP contribution >= 0.6 is 0 Å². The number of methoxy groups -OCH3 is 3. The number of amides is 1. The van der Waals surface area contributed by atoms with Gasteiger partial charge in [-0.1, -0.05) is 6.07 Å². The molecule has 0 saturated carbocycles. The van der Waals surface area contributed by atoms with Crippen molar-refractivity contribution in [1.29, 1.82) is 5.26 Å². The molecule has 0 saturated heterocycles. The van der Waals surface area contributed by atoms with Crippen LogP contribution in [0.2, 0.25) is 0 Å². The molecular weight excluding hydrogens is 296 g/mol. The van der Waals surface area contributed by atoms with Crippen LogP contribution in [0.15, 0.2) is 36.4 Å². The van der Waals surface area contributed by atoms with E-state index in [0.717, 1.165) is 0 Å². The molecule has 0 aliphatic heterocycles. The first kappa shape index (κ1) is 16.2. The van der Waals surface area contributed by atoms with Gasteiger partial charge in [0.15, 0.2) is 11.5 Å². The van der Waals surface area contributed by atoms with Crippen molar-refractivity contribution in [3.05, 3.63) is 47.5 Å². The Labute approximate surface area is 134 Å². The Balaban J connectivity index is 2.36. The fourth-order valence-electron chi connectivity index (χ4n) is 2.07. The number of carbonyl (C=O) groups is 1. The first-order valence-corrected chi connectivity index (χ1v) is 6.74. The lowest BCUT2D eigenvalue weighted by Crippen LogP contribution is -2.13. The van der Waals surface area contributed by atoms with Gasteiger partial charge in [-0.2, -0.15) is 5.26 Å². The summed E-state index contributed by atoms with van der Waals surface area (Å²) in [6.45, 7) is 0. The smallest absolute Gasteiger partial charge is 0.259 e. The maximum absolute atomic E-state index is 12.5. The predicted molar refractivity (Wildman–Crippen MR) is 85.2 cm³/mol. The minimum Gasteiger partial charge on any atom is -0.496 e. The first-order valence-electron chi connectivity index (χ1n) is 6.74. The molecule has 6 heteroatoms. The summed E-state index contributed by atoms with van der Waals surface area (Å²) in [5.74, 6) is 0.867. The van der Waals surface area contributed by atoms with Crippen LogP contribution in [0.3, 0.4) is 0 Å². The molecule has 6 nitrogen and oxygen atoms in total. The number of nitrogens with one attached hydrogen (secondary N) is 1. The average molecular weight is 312 g/mol. The molecule has 0 aliphatic carbocycles. The van der Waals surface area contributed by atoms with E-state index in [2.05, 4.69) is 5.32 Å². The third-order valence-corrected chi connectivity index (χ3v) is 3.20. The van der Waals surface area contributed by atoms with Crippen LogP contribution in [0.1, 0.15) is 15.9 Å². The van der Waals surface area contributed by atoms with Gasteiger partial charge in [0.05, 0.1) is 38.5 Å². The third-order valence-electron chi connectivity index (χ3n) is 3.20. The zero-order valence-electron chi connectivity index (χ0n) is 13.0. The zero-order valence-corrected chi connectivity index (χ0v) is 13.0. The third kappa shape index (κ3) is 3.52. The highest BCUT2D eigenvalue weighted by molar-refractivity contribution is 6.06. The van der Waals surface area contributed by atoms with E-state index in [4.69, 9.17) is 19.5 Å². The second kappa shape index (κ2) is 7.18. The number of ether oxygens (including phenoxy) is 3. The van der Waals surface area contributed by atoms with Crippen LogP contribution in [0, 0.1) is 11.3 Å². The van der Waals surface area contributed by atoms with E-state index < -0.39 is 0 Å². The maximum Gasteiger partial charge on any atom is 0.259 e. The lowest BCUT2D eigenvalue weighted by Gasteiger charge is -2.14. The molecule has 0 aromatic heterocycles. The van der Waals surface area contributed by atoms with E-state index in [1.807, 2.05) is 6.07 Å². The molecule has 1 N–H and O–H groups in total. The normalized spacial score (nSPS) is 9.65. The van der Waals surface area contributed by atoms with Gasteiger partial charge >= 0.3 is 0 Å². The molecule has 0 spiro atoms. The van der Waals surface area contributed by atoms with Crippen LogP contribution < -0.4 is 19.5 Å². The summed E-state index contributed by atoms with van der Waals surface area (Å²) < 4.78 is 15.6. The van der Waals surface area contributed by atoms with E-state index in [9.17, 15) is 4.79 Å². The summed E-state index contributed by atoms with van der Waals surface area (Å²) in [6, 6.07) is 11.8. The number of nitriles is 1. The number of hydrogen-bond acceptors (Lipinski definition) is 5. The van der Waals surface area contributed by atoms with Crippen LogP contribution in [0.25, 0.3) is 0 Å². The Bertz CT molecular complexity index is 766. The number of anilines is 1. The minimum atomic E-state index is -0.377. The molecule has 2 rings (SSSR count). The zero-order chi connectivity index (χ0) is 16.8. The lowest BCUT2D eigenvalue weighted by molar-refractivity contribution is 0.102. The second-order valence-corrected chi connectivity index (χ2v) is 4.55. The van der Waals surface area contributed by atoms with E-state index in [1.165, 1.54) is 21.3 Å². The lowest BCUT2D eigenvalue weighted by atomic mass is 10.1. The van der Waals surface area contributed by atoms with E-state index in [0.29, 0.717) is 34.1 Å². The molecule has 0 unspecified atom stereocenters. The Morgan fingerprint density at radius 3 is 2.26 bits per heavy atom. The first-order chi connectivity index (χ1) is 11.1. The summed E-state index contributed by atoms with van der Waals surface area (Å²) in [6.07, 6.45) is 0. The molecule has 0 radical (unpaired) electrons. The monoisotopic (exact) mass is 312 g/mol. The van der Waals surface area contributed by atoms with Crippen molar-refractivity contribution in [2.75, 3.05) is 26.6 Å². The number of hydrogen-bond donors (Lipinski definition) is 1. The van der Waals surface area contributed by atoms with E-state index >= 15 is 0 Å². The fourth-order valence-corrected chi connectivity index (χ4v) is 2.07. The van der Waals surface area contributed by atoms with Crippen LogP contribution in [0.4, 0.5) is 5.69 Å². The van der Waals surface area contributed by atoms with E-state index in [1.54, 1.807) is 36.4 Å². The van der Waals surface area contributed by atoms with Crippen LogP contribution in [0.5, 0.6) is 17.2 Å². The van der Waals surface area contributed by atoms with Crippen molar-refractivity contribution in [2.24, 2.45) is 0 Å². The van der Waals surface area contributed by atoms with Gasteiger partial charge in [-0.3, -0.25) is 4.79 Å². The molecule has 0 bridgehead atoms. The molecule has 0 atom stereocenters. The SMILES string of the molecule is COc1cc(OC)c(C(=O)Nc2cccc(C#N)c2)cc1OC. The average Bonchev–Trinajstić information content (AvgIpc) is 2.60. The van der Waals surface area contributed by atoms with Gasteiger partial charge in [-0.15, -0.1) is 0 Å². The van der Waals surface area contributed by atoms with Crippen LogP contribution in [-0.4, -0.2) is 27.2 Å². The van der Waals surface area contributed by atoms with Crippen molar-refractivity contribution < 1.29 is 19.0 Å². The van der Waals surface area contributed by atoms with Gasteiger partial charge in [0, 0.05) is 17.8 Å². The number of carbonyl (C=O) groups excluding carboxylic acids is 1. The molecule has 2 aromatic carbocycles. The van der Waals surface area contributed by atoms with Crippen molar-refractivity contribution >= 4 is 11.6 Å². The molecule has 0 heterocycles. The van der Waals surface area contributed by atoms with Crippen molar-refractivity contribution in [3.8, 4) is 23.3 Å². The summed E-state index contributed by atoms with van der Waals surface area (Å²) in [4.78, 5) is 12.5. The number of nitrogens with zero attached hydrogens (tertiary/aromatic N) is 1. The van der Waals surface area contributed by atoms with Crippen molar-refractivity contribution in [3.63, 3.8) is 0 Å². The quantitative estimate of drug-likeness (QED) is 0.918. The standard InChI is InChI=1S/C17H16N2O4/c1-21-14-9-16(23-3)15(22-2)8-13(14)17(20)19-12-6-4-5-11(7-12)10-18/h4-9H,1-3H3,(H,19,20). The van der Waals surface area contributed by atoms with Gasteiger partial charge < -0.3 is 19.5 Å². The predicted octanol–water partition coefficient (Wildman–Crippen LogP) is 2.84. The molecule has 1 amide bonds. The molecule has 0 fully saturated rings. The second-order valence-electron chi connectivity index (χ2n) is 4.55. The Morgan fingerprint density at radius 2 is 1.65 bits per heavy atom. The maximum atomic E-state index is 12.5. The summed E-state index contributed by atoms with van der Waals surface area (Å²) in [5, 5.41) is 11.6. The van der Waals surface area contributed by atoms with Crippen LogP contribution in [-0.2, 0) is 0 Å². The summed E-state index contributed by atoms with van der Waals surface area (Å²) >= 11 is 0. The Morgan fingerprint density at radius 1 is 1.00 bits per heavy atom. The summed E-state index contributed by atoms with van der Waals surface area (Å²) in [7, 11) is 4.46. The topological polar surface area (TPSA) is 80.6 Å². The molecule has 0 aliphatic rings. The molecule has 2 aromatic rings. The molecule has 23 heavy (non-hydrogen) atoms. The fraction of sp³-hybridized carbons (Fsp3) is 0.176. The highest BCUT2D eigenvalue weighted by Gasteiger charge is 2.18. The highest BCUT2D eigenvalue weighted by Crippen LogP contribution is 2.34. The number of benzene rings is 2. The van der Waals surface area contributed by atoms with Gasteiger partial charge in [-0.05, 0) is 18.2 Å². The summed E-state index contributed by atoms with van der Waals surface area (Å²) in [5.41, 5.74) is 1.28. The highest BCUT2D eigenvalue weighted by atomic mass is 16.5. The molecule has 118 valence electrons. The van der Waals surface area contributed by atoms with Gasteiger partial charge in [0.25, 0.3) is 5.91 Å².